The smallest absolute Gasteiger partial charge is 0.234 e. The molecular formula is C19H21N3O3S. The highest BCUT2D eigenvalue weighted by Gasteiger charge is 2.25. The number of rotatable bonds is 7. The predicted octanol–water partition coefficient (Wildman–Crippen LogP) is 3.09. The van der Waals surface area contributed by atoms with Crippen molar-refractivity contribution in [1.29, 1.82) is 0 Å². The minimum atomic E-state index is -3.59. The molecule has 0 saturated carbocycles. The van der Waals surface area contributed by atoms with E-state index < -0.39 is 16.1 Å². The Morgan fingerprint density at radius 3 is 2.35 bits per heavy atom. The number of hydrogen-bond donors (Lipinski definition) is 1. The molecule has 0 saturated heterocycles. The summed E-state index contributed by atoms with van der Waals surface area (Å²) < 4.78 is 33.7. The van der Waals surface area contributed by atoms with Crippen molar-refractivity contribution in [2.45, 2.75) is 32.1 Å². The molecule has 26 heavy (non-hydrogen) atoms. The minimum Gasteiger partial charge on any atom is -0.424 e. The molecule has 0 aliphatic heterocycles. The van der Waals surface area contributed by atoms with E-state index in [0.717, 1.165) is 16.7 Å². The number of aryl methyl sites for hydroxylation is 2. The Kier molecular flexibility index (Phi) is 5.49. The van der Waals surface area contributed by atoms with Crippen LogP contribution in [0.2, 0.25) is 0 Å². The third-order valence-corrected chi connectivity index (χ3v) is 5.39. The van der Waals surface area contributed by atoms with E-state index in [4.69, 9.17) is 4.42 Å². The van der Waals surface area contributed by atoms with Gasteiger partial charge in [-0.2, -0.15) is 0 Å². The van der Waals surface area contributed by atoms with E-state index in [1.165, 1.54) is 0 Å². The van der Waals surface area contributed by atoms with Gasteiger partial charge in [0, 0.05) is 6.92 Å². The maximum absolute atomic E-state index is 12.7. The second-order valence-corrected chi connectivity index (χ2v) is 7.96. The van der Waals surface area contributed by atoms with Gasteiger partial charge >= 0.3 is 0 Å². The molecule has 3 aromatic rings. The molecule has 0 bridgehead atoms. The molecular weight excluding hydrogens is 350 g/mol. The molecule has 1 heterocycles. The van der Waals surface area contributed by atoms with Crippen molar-refractivity contribution in [2.24, 2.45) is 0 Å². The summed E-state index contributed by atoms with van der Waals surface area (Å²) in [5.41, 5.74) is 2.68. The number of nitrogens with zero attached hydrogens (tertiary/aromatic N) is 2. The van der Waals surface area contributed by atoms with Crippen molar-refractivity contribution in [1.82, 2.24) is 14.9 Å². The number of nitrogens with one attached hydrogen (secondary N) is 1. The maximum Gasteiger partial charge on any atom is 0.234 e. The highest BCUT2D eigenvalue weighted by atomic mass is 32.2. The summed E-state index contributed by atoms with van der Waals surface area (Å²) in [7, 11) is -3.59. The van der Waals surface area contributed by atoms with E-state index in [1.807, 2.05) is 61.5 Å². The zero-order valence-corrected chi connectivity index (χ0v) is 15.5. The molecule has 3 rings (SSSR count). The van der Waals surface area contributed by atoms with Gasteiger partial charge in [0.2, 0.25) is 21.8 Å². The molecule has 1 aromatic heterocycles. The Morgan fingerprint density at radius 1 is 1.00 bits per heavy atom. The standard InChI is InChI=1S/C19H21N3O3S/c1-14-8-6-7-11-17(14)13-26(23,24)22-18(19-21-20-15(2)25-19)12-16-9-4-3-5-10-16/h3-11,18,22H,12-13H2,1-2H3. The average molecular weight is 371 g/mol. The fourth-order valence-corrected chi connectivity index (χ4v) is 4.15. The molecule has 1 N–H and O–H groups in total. The molecule has 0 aliphatic carbocycles. The van der Waals surface area contributed by atoms with Crippen LogP contribution >= 0.6 is 0 Å². The van der Waals surface area contributed by atoms with E-state index in [0.29, 0.717) is 12.3 Å². The van der Waals surface area contributed by atoms with Crippen molar-refractivity contribution < 1.29 is 12.8 Å². The highest BCUT2D eigenvalue weighted by Crippen LogP contribution is 2.20. The van der Waals surface area contributed by atoms with Gasteiger partial charge in [0.1, 0.15) is 6.04 Å². The third-order valence-electron chi connectivity index (χ3n) is 4.05. The van der Waals surface area contributed by atoms with E-state index >= 15 is 0 Å². The van der Waals surface area contributed by atoms with Crippen molar-refractivity contribution >= 4 is 10.0 Å². The van der Waals surface area contributed by atoms with Gasteiger partial charge in [-0.1, -0.05) is 54.6 Å². The van der Waals surface area contributed by atoms with Gasteiger partial charge < -0.3 is 4.42 Å². The van der Waals surface area contributed by atoms with Crippen LogP contribution < -0.4 is 4.72 Å². The van der Waals surface area contributed by atoms with Crippen LogP contribution in [-0.4, -0.2) is 18.6 Å². The third kappa shape index (κ3) is 4.77. The van der Waals surface area contributed by atoms with E-state index in [9.17, 15) is 8.42 Å². The quantitative estimate of drug-likeness (QED) is 0.690. The molecule has 1 unspecified atom stereocenters. The topological polar surface area (TPSA) is 85.1 Å². The van der Waals surface area contributed by atoms with Crippen molar-refractivity contribution in [3.63, 3.8) is 0 Å². The lowest BCUT2D eigenvalue weighted by Gasteiger charge is -2.16. The van der Waals surface area contributed by atoms with Crippen LogP contribution in [-0.2, 0) is 22.2 Å². The van der Waals surface area contributed by atoms with Crippen LogP contribution in [0.15, 0.2) is 59.0 Å². The monoisotopic (exact) mass is 371 g/mol. The molecule has 0 fully saturated rings. The Bertz CT molecular complexity index is 968. The summed E-state index contributed by atoms with van der Waals surface area (Å²) in [4.78, 5) is 0. The first-order valence-corrected chi connectivity index (χ1v) is 9.96. The lowest BCUT2D eigenvalue weighted by atomic mass is 10.1. The van der Waals surface area contributed by atoms with Gasteiger partial charge in [-0.05, 0) is 30.0 Å². The summed E-state index contributed by atoms with van der Waals surface area (Å²) in [6, 6.07) is 16.4. The SMILES string of the molecule is Cc1nnc(C(Cc2ccccc2)NS(=O)(=O)Cc2ccccc2C)o1. The summed E-state index contributed by atoms with van der Waals surface area (Å²) >= 11 is 0. The fourth-order valence-electron chi connectivity index (χ4n) is 2.72. The molecule has 7 heteroatoms. The predicted molar refractivity (Wildman–Crippen MR) is 98.9 cm³/mol. The Balaban J connectivity index is 1.83. The number of hydrogen-bond acceptors (Lipinski definition) is 5. The Labute approximate surface area is 153 Å². The molecule has 0 radical (unpaired) electrons. The van der Waals surface area contributed by atoms with E-state index in [2.05, 4.69) is 14.9 Å². The first-order chi connectivity index (χ1) is 12.4. The van der Waals surface area contributed by atoms with Crippen molar-refractivity contribution in [2.75, 3.05) is 0 Å². The second kappa shape index (κ2) is 7.80. The molecule has 0 amide bonds. The van der Waals surface area contributed by atoms with Gasteiger partial charge in [-0.15, -0.1) is 10.2 Å². The largest absolute Gasteiger partial charge is 0.424 e. The van der Waals surface area contributed by atoms with Gasteiger partial charge in [-0.25, -0.2) is 13.1 Å². The number of benzene rings is 2. The van der Waals surface area contributed by atoms with Gasteiger partial charge in [0.15, 0.2) is 0 Å². The molecule has 0 spiro atoms. The molecule has 136 valence electrons. The molecule has 1 atom stereocenters. The Morgan fingerprint density at radius 2 is 1.69 bits per heavy atom. The first kappa shape index (κ1) is 18.3. The van der Waals surface area contributed by atoms with Gasteiger partial charge in [-0.3, -0.25) is 0 Å². The summed E-state index contributed by atoms with van der Waals surface area (Å²) in [5, 5.41) is 7.83. The van der Waals surface area contributed by atoms with Gasteiger partial charge in [0.25, 0.3) is 0 Å². The normalized spacial score (nSPS) is 12.8. The minimum absolute atomic E-state index is 0.0991. The summed E-state index contributed by atoms with van der Waals surface area (Å²) in [6.45, 7) is 3.57. The van der Waals surface area contributed by atoms with Crippen LogP contribution in [0.5, 0.6) is 0 Å². The van der Waals surface area contributed by atoms with Crippen LogP contribution in [0.1, 0.15) is 34.5 Å². The van der Waals surface area contributed by atoms with E-state index in [1.54, 1.807) is 6.92 Å². The second-order valence-electron chi connectivity index (χ2n) is 6.21. The van der Waals surface area contributed by atoms with Crippen molar-refractivity contribution in [3.05, 3.63) is 83.1 Å². The lowest BCUT2D eigenvalue weighted by molar-refractivity contribution is 0.411. The number of sulfonamides is 1. The van der Waals surface area contributed by atoms with Gasteiger partial charge in [0.05, 0.1) is 5.75 Å². The van der Waals surface area contributed by atoms with E-state index in [-0.39, 0.29) is 11.6 Å². The first-order valence-electron chi connectivity index (χ1n) is 8.31. The fraction of sp³-hybridized carbons (Fsp3) is 0.263. The molecule has 0 aliphatic rings. The number of aromatic nitrogens is 2. The Hall–Kier alpha value is -2.51. The molecule has 2 aromatic carbocycles. The van der Waals surface area contributed by atoms with Crippen LogP contribution in [0.4, 0.5) is 0 Å². The van der Waals surface area contributed by atoms with Crippen LogP contribution in [0, 0.1) is 13.8 Å². The highest BCUT2D eigenvalue weighted by molar-refractivity contribution is 7.88. The lowest BCUT2D eigenvalue weighted by Crippen LogP contribution is -2.31. The summed E-state index contributed by atoms with van der Waals surface area (Å²) in [6.07, 6.45) is 0.426. The van der Waals surface area contributed by atoms with Crippen molar-refractivity contribution in [3.8, 4) is 0 Å². The molecule has 6 nitrogen and oxygen atoms in total. The zero-order chi connectivity index (χ0) is 18.6. The van der Waals surface area contributed by atoms with Crippen LogP contribution in [0.3, 0.4) is 0 Å². The zero-order valence-electron chi connectivity index (χ0n) is 14.7. The summed E-state index contributed by atoms with van der Waals surface area (Å²) in [5.74, 6) is 0.564. The van der Waals surface area contributed by atoms with Crippen LogP contribution in [0.25, 0.3) is 0 Å². The maximum atomic E-state index is 12.7. The average Bonchev–Trinajstić information content (AvgIpc) is 3.03.